The Bertz CT molecular complexity index is 360. The van der Waals surface area contributed by atoms with Gasteiger partial charge in [-0.05, 0) is 35.9 Å². The maximum atomic E-state index is 11.0. The zero-order valence-electron chi connectivity index (χ0n) is 7.67. The van der Waals surface area contributed by atoms with Crippen molar-refractivity contribution in [3.63, 3.8) is 0 Å². The summed E-state index contributed by atoms with van der Waals surface area (Å²) in [5.74, 6) is 0.371. The van der Waals surface area contributed by atoms with Crippen LogP contribution in [0.15, 0.2) is 17.5 Å². The van der Waals surface area contributed by atoms with E-state index in [1.807, 2.05) is 0 Å². The summed E-state index contributed by atoms with van der Waals surface area (Å²) in [6.45, 7) is 2.11. The molecule has 1 heterocycles. The standard InChI is InChI=1S/C11H12OS/c1-8-6-10(7-13-8)9-2-4-11(12)5-3-9/h2,6-7H,3-5H2,1H3. The van der Waals surface area contributed by atoms with Crippen LogP contribution in [-0.4, -0.2) is 5.78 Å². The molecule has 0 saturated carbocycles. The third kappa shape index (κ3) is 1.89. The van der Waals surface area contributed by atoms with Crippen LogP contribution in [0, 0.1) is 6.92 Å². The van der Waals surface area contributed by atoms with Gasteiger partial charge in [-0.1, -0.05) is 6.08 Å². The SMILES string of the molecule is Cc1cc(C2=CCC(=O)CC2)cs1. The summed E-state index contributed by atoms with van der Waals surface area (Å²) >= 11 is 1.77. The molecule has 2 heteroatoms. The molecule has 0 spiro atoms. The Morgan fingerprint density at radius 3 is 2.77 bits per heavy atom. The first-order valence-corrected chi connectivity index (χ1v) is 5.40. The first kappa shape index (κ1) is 8.70. The highest BCUT2D eigenvalue weighted by Gasteiger charge is 2.12. The van der Waals surface area contributed by atoms with Crippen LogP contribution in [0.1, 0.15) is 29.7 Å². The normalized spacial score (nSPS) is 17.3. The van der Waals surface area contributed by atoms with E-state index >= 15 is 0 Å². The van der Waals surface area contributed by atoms with E-state index in [2.05, 4.69) is 24.4 Å². The van der Waals surface area contributed by atoms with E-state index in [0.717, 1.165) is 12.8 Å². The van der Waals surface area contributed by atoms with Crippen LogP contribution in [0.5, 0.6) is 0 Å². The fourth-order valence-electron chi connectivity index (χ4n) is 1.59. The summed E-state index contributed by atoms with van der Waals surface area (Å²) in [6.07, 6.45) is 4.35. The smallest absolute Gasteiger partial charge is 0.137 e. The Kier molecular flexibility index (Phi) is 2.32. The Morgan fingerprint density at radius 1 is 1.38 bits per heavy atom. The van der Waals surface area contributed by atoms with Gasteiger partial charge in [0.1, 0.15) is 5.78 Å². The van der Waals surface area contributed by atoms with E-state index < -0.39 is 0 Å². The van der Waals surface area contributed by atoms with E-state index in [4.69, 9.17) is 0 Å². The predicted octanol–water partition coefficient (Wildman–Crippen LogP) is 3.19. The highest BCUT2D eigenvalue weighted by atomic mass is 32.1. The van der Waals surface area contributed by atoms with Gasteiger partial charge in [0.2, 0.25) is 0 Å². The first-order valence-electron chi connectivity index (χ1n) is 4.52. The van der Waals surface area contributed by atoms with Crippen molar-refractivity contribution in [2.75, 3.05) is 0 Å². The maximum Gasteiger partial charge on any atom is 0.137 e. The van der Waals surface area contributed by atoms with Gasteiger partial charge in [-0.15, -0.1) is 11.3 Å². The third-order valence-electron chi connectivity index (χ3n) is 2.35. The topological polar surface area (TPSA) is 17.1 Å². The van der Waals surface area contributed by atoms with Crippen molar-refractivity contribution < 1.29 is 4.79 Å². The minimum Gasteiger partial charge on any atom is -0.299 e. The second kappa shape index (κ2) is 3.46. The molecular formula is C11H12OS. The molecule has 0 amide bonds. The van der Waals surface area contributed by atoms with E-state index in [9.17, 15) is 4.79 Å². The summed E-state index contributed by atoms with van der Waals surface area (Å²) in [7, 11) is 0. The fourth-order valence-corrected chi connectivity index (χ4v) is 2.32. The summed E-state index contributed by atoms with van der Waals surface area (Å²) in [5, 5.41) is 2.18. The summed E-state index contributed by atoms with van der Waals surface area (Å²) < 4.78 is 0. The third-order valence-corrected chi connectivity index (χ3v) is 3.21. The van der Waals surface area contributed by atoms with Gasteiger partial charge in [0.05, 0.1) is 0 Å². The molecule has 1 aliphatic carbocycles. The zero-order valence-corrected chi connectivity index (χ0v) is 8.49. The molecule has 68 valence electrons. The number of ketones is 1. The minimum absolute atomic E-state index is 0.371. The van der Waals surface area contributed by atoms with Gasteiger partial charge in [0.15, 0.2) is 0 Å². The highest BCUT2D eigenvalue weighted by Crippen LogP contribution is 2.28. The lowest BCUT2D eigenvalue weighted by molar-refractivity contribution is -0.118. The van der Waals surface area contributed by atoms with Crippen LogP contribution in [0.25, 0.3) is 5.57 Å². The maximum absolute atomic E-state index is 11.0. The molecule has 2 rings (SSSR count). The number of rotatable bonds is 1. The van der Waals surface area contributed by atoms with Crippen molar-refractivity contribution in [2.45, 2.75) is 26.2 Å². The lowest BCUT2D eigenvalue weighted by atomic mass is 9.94. The van der Waals surface area contributed by atoms with Gasteiger partial charge in [0.25, 0.3) is 0 Å². The quantitative estimate of drug-likeness (QED) is 0.667. The molecule has 1 aromatic rings. The van der Waals surface area contributed by atoms with Crippen molar-refractivity contribution >= 4 is 22.7 Å². The summed E-state index contributed by atoms with van der Waals surface area (Å²) in [5.41, 5.74) is 2.67. The van der Waals surface area contributed by atoms with E-state index in [1.165, 1.54) is 16.0 Å². The average molecular weight is 192 g/mol. The van der Waals surface area contributed by atoms with Crippen LogP contribution >= 0.6 is 11.3 Å². The number of thiophene rings is 1. The van der Waals surface area contributed by atoms with Crippen molar-refractivity contribution in [3.05, 3.63) is 28.0 Å². The Balaban J connectivity index is 2.22. The fraction of sp³-hybridized carbons (Fsp3) is 0.364. The molecule has 0 atom stereocenters. The minimum atomic E-state index is 0.371. The largest absolute Gasteiger partial charge is 0.299 e. The molecule has 0 N–H and O–H groups in total. The van der Waals surface area contributed by atoms with Crippen LogP contribution in [0.3, 0.4) is 0 Å². The lowest BCUT2D eigenvalue weighted by Crippen LogP contribution is -2.02. The zero-order chi connectivity index (χ0) is 9.26. The van der Waals surface area contributed by atoms with Gasteiger partial charge < -0.3 is 0 Å². The van der Waals surface area contributed by atoms with Gasteiger partial charge in [0, 0.05) is 17.7 Å². The summed E-state index contributed by atoms with van der Waals surface area (Å²) in [4.78, 5) is 12.3. The number of aryl methyl sites for hydroxylation is 1. The molecule has 1 aliphatic rings. The van der Waals surface area contributed by atoms with Crippen LogP contribution in [0.2, 0.25) is 0 Å². The Morgan fingerprint density at radius 2 is 2.23 bits per heavy atom. The molecule has 13 heavy (non-hydrogen) atoms. The Hall–Kier alpha value is -0.890. The number of carbonyl (C=O) groups excluding carboxylic acids is 1. The van der Waals surface area contributed by atoms with Crippen molar-refractivity contribution in [1.82, 2.24) is 0 Å². The predicted molar refractivity (Wildman–Crippen MR) is 55.9 cm³/mol. The highest BCUT2D eigenvalue weighted by molar-refractivity contribution is 7.10. The summed E-state index contributed by atoms with van der Waals surface area (Å²) in [6, 6.07) is 2.20. The van der Waals surface area contributed by atoms with E-state index in [0.29, 0.717) is 12.2 Å². The number of allylic oxidation sites excluding steroid dienone is 2. The molecule has 0 bridgehead atoms. The van der Waals surface area contributed by atoms with Crippen molar-refractivity contribution in [1.29, 1.82) is 0 Å². The van der Waals surface area contributed by atoms with Crippen molar-refractivity contribution in [2.24, 2.45) is 0 Å². The van der Waals surface area contributed by atoms with Crippen molar-refractivity contribution in [3.8, 4) is 0 Å². The first-order chi connectivity index (χ1) is 6.25. The molecular weight excluding hydrogens is 180 g/mol. The molecule has 0 unspecified atom stereocenters. The number of hydrogen-bond acceptors (Lipinski definition) is 2. The van der Waals surface area contributed by atoms with Gasteiger partial charge in [-0.3, -0.25) is 4.79 Å². The van der Waals surface area contributed by atoms with Crippen LogP contribution in [0.4, 0.5) is 0 Å². The number of hydrogen-bond donors (Lipinski definition) is 0. The average Bonchev–Trinajstić information content (AvgIpc) is 2.53. The van der Waals surface area contributed by atoms with E-state index in [1.54, 1.807) is 11.3 Å². The molecule has 1 aromatic heterocycles. The molecule has 0 aromatic carbocycles. The Labute approximate surface area is 82.1 Å². The van der Waals surface area contributed by atoms with Gasteiger partial charge >= 0.3 is 0 Å². The monoisotopic (exact) mass is 192 g/mol. The molecule has 0 saturated heterocycles. The second-order valence-corrected chi connectivity index (χ2v) is 4.53. The lowest BCUT2D eigenvalue weighted by Gasteiger charge is -2.09. The number of carbonyl (C=O) groups is 1. The second-order valence-electron chi connectivity index (χ2n) is 3.42. The van der Waals surface area contributed by atoms with Crippen LogP contribution in [-0.2, 0) is 4.79 Å². The number of Topliss-reactive ketones (excluding diaryl/α,β-unsaturated/α-hetero) is 1. The van der Waals surface area contributed by atoms with E-state index in [-0.39, 0.29) is 0 Å². The molecule has 1 nitrogen and oxygen atoms in total. The molecule has 0 aliphatic heterocycles. The molecule has 0 fully saturated rings. The van der Waals surface area contributed by atoms with Gasteiger partial charge in [-0.25, -0.2) is 0 Å². The molecule has 0 radical (unpaired) electrons. The van der Waals surface area contributed by atoms with Crippen LogP contribution < -0.4 is 0 Å². The van der Waals surface area contributed by atoms with Gasteiger partial charge in [-0.2, -0.15) is 0 Å².